The molecular weight excluding hydrogens is 532 g/mol. The maximum atomic E-state index is 14.1. The summed E-state index contributed by atoms with van der Waals surface area (Å²) in [6.07, 6.45) is 17.4. The van der Waals surface area contributed by atoms with Gasteiger partial charge in [-0.2, -0.15) is 0 Å². The van der Waals surface area contributed by atoms with Gasteiger partial charge in [0.15, 0.2) is 5.79 Å². The number of carboxylic acid groups (broad SMARTS) is 1. The van der Waals surface area contributed by atoms with Crippen LogP contribution >= 0.6 is 0 Å². The van der Waals surface area contributed by atoms with E-state index >= 15 is 0 Å². The zero-order valence-electron chi connectivity index (χ0n) is 27.2. The van der Waals surface area contributed by atoms with E-state index in [1.54, 1.807) is 13.8 Å². The Labute approximate surface area is 254 Å². The fourth-order valence-electron chi connectivity index (χ4n) is 7.46. The van der Waals surface area contributed by atoms with Crippen molar-refractivity contribution in [3.8, 4) is 0 Å². The van der Waals surface area contributed by atoms with Gasteiger partial charge >= 0.3 is 5.97 Å². The summed E-state index contributed by atoms with van der Waals surface area (Å²) in [5.74, 6) is -2.14. The first-order chi connectivity index (χ1) is 19.9. The molecule has 0 spiro atoms. The van der Waals surface area contributed by atoms with Gasteiger partial charge in [0.2, 0.25) is 11.8 Å². The topological polar surface area (TPSA) is 114 Å². The van der Waals surface area contributed by atoms with Crippen LogP contribution in [-0.4, -0.2) is 53.5 Å². The lowest BCUT2D eigenvalue weighted by molar-refractivity contribution is -0.304. The van der Waals surface area contributed by atoms with E-state index in [1.807, 2.05) is 13.8 Å². The van der Waals surface area contributed by atoms with Crippen molar-refractivity contribution in [1.82, 2.24) is 10.6 Å². The second kappa shape index (κ2) is 15.9. The molecule has 8 nitrogen and oxygen atoms in total. The summed E-state index contributed by atoms with van der Waals surface area (Å²) in [7, 11) is 0. The van der Waals surface area contributed by atoms with E-state index in [2.05, 4.69) is 17.6 Å². The fourth-order valence-corrected chi connectivity index (χ4v) is 7.46. The Morgan fingerprint density at radius 1 is 0.881 bits per heavy atom. The van der Waals surface area contributed by atoms with Crippen LogP contribution in [0.3, 0.4) is 0 Å². The summed E-state index contributed by atoms with van der Waals surface area (Å²) in [5.41, 5.74) is -0.877. The van der Waals surface area contributed by atoms with Crippen molar-refractivity contribution in [2.24, 2.45) is 16.7 Å². The summed E-state index contributed by atoms with van der Waals surface area (Å²) in [5, 5.41) is 16.4. The van der Waals surface area contributed by atoms with Crippen LogP contribution in [0.25, 0.3) is 0 Å². The van der Waals surface area contributed by atoms with E-state index < -0.39 is 29.3 Å². The lowest BCUT2D eigenvalue weighted by atomic mass is 9.69. The maximum absolute atomic E-state index is 14.1. The second-order valence-electron chi connectivity index (χ2n) is 14.6. The van der Waals surface area contributed by atoms with Crippen LogP contribution in [0.2, 0.25) is 0 Å². The zero-order valence-corrected chi connectivity index (χ0v) is 27.2. The minimum Gasteiger partial charge on any atom is -0.481 e. The molecule has 4 unspecified atom stereocenters. The van der Waals surface area contributed by atoms with Gasteiger partial charge in [-0.25, -0.2) is 0 Å². The van der Waals surface area contributed by atoms with Gasteiger partial charge in [0.05, 0.1) is 13.0 Å². The van der Waals surface area contributed by atoms with Gasteiger partial charge in [0.25, 0.3) is 0 Å². The molecule has 242 valence electrons. The van der Waals surface area contributed by atoms with E-state index in [1.165, 1.54) is 44.9 Å². The summed E-state index contributed by atoms with van der Waals surface area (Å²) in [6.45, 7) is 10.0. The summed E-state index contributed by atoms with van der Waals surface area (Å²) >= 11 is 0. The predicted octanol–water partition coefficient (Wildman–Crippen LogP) is 6.89. The van der Waals surface area contributed by atoms with E-state index in [0.717, 1.165) is 64.2 Å². The SMILES string of the molecule is CCCCCCCCCC1(C(=O)NC2CCCCC2C(CC(=O)O)NC(=O)C2OC(C)(C)OCC2(C)C)CCCCC1. The highest BCUT2D eigenvalue weighted by Crippen LogP contribution is 2.42. The Bertz CT molecular complexity index is 881. The number of unbranched alkanes of at least 4 members (excludes halogenated alkanes) is 6. The number of hydrogen-bond acceptors (Lipinski definition) is 5. The van der Waals surface area contributed by atoms with Crippen molar-refractivity contribution >= 4 is 17.8 Å². The van der Waals surface area contributed by atoms with Gasteiger partial charge < -0.3 is 25.2 Å². The number of ether oxygens (including phenoxy) is 2. The van der Waals surface area contributed by atoms with Crippen molar-refractivity contribution in [3.05, 3.63) is 0 Å². The van der Waals surface area contributed by atoms with E-state index in [9.17, 15) is 19.5 Å². The van der Waals surface area contributed by atoms with Gasteiger partial charge in [-0.05, 0) is 51.9 Å². The van der Waals surface area contributed by atoms with Crippen molar-refractivity contribution in [2.75, 3.05) is 6.61 Å². The molecule has 0 radical (unpaired) electrons. The largest absolute Gasteiger partial charge is 0.481 e. The first kappa shape index (κ1) is 34.8. The van der Waals surface area contributed by atoms with Crippen LogP contribution in [0.15, 0.2) is 0 Å². The average molecular weight is 593 g/mol. The molecule has 42 heavy (non-hydrogen) atoms. The molecule has 0 bridgehead atoms. The molecule has 1 saturated heterocycles. The lowest BCUT2D eigenvalue weighted by Crippen LogP contribution is -2.60. The van der Waals surface area contributed by atoms with Gasteiger partial charge in [-0.15, -0.1) is 0 Å². The molecule has 2 aliphatic carbocycles. The number of aliphatic carboxylic acids is 1. The molecule has 0 aromatic heterocycles. The monoisotopic (exact) mass is 592 g/mol. The number of carboxylic acids is 1. The van der Waals surface area contributed by atoms with Crippen molar-refractivity contribution in [1.29, 1.82) is 0 Å². The van der Waals surface area contributed by atoms with E-state index in [4.69, 9.17) is 9.47 Å². The molecule has 1 aliphatic heterocycles. The predicted molar refractivity (Wildman–Crippen MR) is 165 cm³/mol. The number of rotatable bonds is 15. The number of amides is 2. The Morgan fingerprint density at radius 2 is 1.52 bits per heavy atom. The van der Waals surface area contributed by atoms with Crippen LogP contribution in [-0.2, 0) is 23.9 Å². The third-order valence-electron chi connectivity index (χ3n) is 10.1. The van der Waals surface area contributed by atoms with Gasteiger partial charge in [-0.3, -0.25) is 14.4 Å². The summed E-state index contributed by atoms with van der Waals surface area (Å²) in [6, 6.07) is -0.736. The third-order valence-corrected chi connectivity index (χ3v) is 10.1. The van der Waals surface area contributed by atoms with E-state index in [-0.39, 0.29) is 35.6 Å². The smallest absolute Gasteiger partial charge is 0.305 e. The van der Waals surface area contributed by atoms with Gasteiger partial charge in [-0.1, -0.05) is 97.8 Å². The van der Waals surface area contributed by atoms with Crippen LogP contribution in [0.1, 0.15) is 150 Å². The van der Waals surface area contributed by atoms with Crippen molar-refractivity contribution in [2.45, 2.75) is 174 Å². The first-order valence-electron chi connectivity index (χ1n) is 17.0. The zero-order chi connectivity index (χ0) is 30.8. The molecule has 3 fully saturated rings. The Morgan fingerprint density at radius 3 is 2.19 bits per heavy atom. The fraction of sp³-hybridized carbons (Fsp3) is 0.912. The van der Waals surface area contributed by atoms with Gasteiger partial charge in [0.1, 0.15) is 6.10 Å². The molecule has 0 aromatic carbocycles. The summed E-state index contributed by atoms with van der Waals surface area (Å²) in [4.78, 5) is 39.7. The molecule has 0 aromatic rings. The number of nitrogens with one attached hydrogen (secondary N) is 2. The first-order valence-corrected chi connectivity index (χ1v) is 17.0. The molecule has 4 atom stereocenters. The molecule has 1 heterocycles. The molecular formula is C34H60N2O6. The highest BCUT2D eigenvalue weighted by atomic mass is 16.7. The number of hydrogen-bond donors (Lipinski definition) is 3. The highest BCUT2D eigenvalue weighted by Gasteiger charge is 2.47. The minimum atomic E-state index is -0.953. The molecule has 2 amide bonds. The van der Waals surface area contributed by atoms with Crippen LogP contribution < -0.4 is 10.6 Å². The van der Waals surface area contributed by atoms with E-state index in [0.29, 0.717) is 6.61 Å². The third kappa shape index (κ3) is 9.93. The molecule has 3 rings (SSSR count). The minimum absolute atomic E-state index is 0.141. The Balaban J connectivity index is 1.70. The highest BCUT2D eigenvalue weighted by molar-refractivity contribution is 5.84. The normalized spacial score (nSPS) is 27.5. The van der Waals surface area contributed by atoms with Crippen molar-refractivity contribution in [3.63, 3.8) is 0 Å². The Kier molecular flexibility index (Phi) is 13.2. The van der Waals surface area contributed by atoms with Gasteiger partial charge in [0, 0.05) is 22.9 Å². The number of carbonyl (C=O) groups excluding carboxylic acids is 2. The van der Waals surface area contributed by atoms with Crippen LogP contribution in [0, 0.1) is 16.7 Å². The van der Waals surface area contributed by atoms with Crippen LogP contribution in [0.4, 0.5) is 0 Å². The second-order valence-corrected chi connectivity index (χ2v) is 14.6. The Hall–Kier alpha value is -1.67. The quantitative estimate of drug-likeness (QED) is 0.179. The molecule has 3 aliphatic rings. The molecule has 3 N–H and O–H groups in total. The summed E-state index contributed by atoms with van der Waals surface area (Å²) < 4.78 is 11.8. The van der Waals surface area contributed by atoms with Crippen molar-refractivity contribution < 1.29 is 29.0 Å². The maximum Gasteiger partial charge on any atom is 0.305 e. The molecule has 8 heteroatoms. The number of carbonyl (C=O) groups is 3. The lowest BCUT2D eigenvalue weighted by Gasteiger charge is -2.46. The standard InChI is InChI=1S/C34H60N2O6/c1-6-7-8-9-10-11-15-20-34(21-16-12-17-22-34)31(40)36-26-19-14-13-18-25(26)27(23-28(37)38)35-30(39)29-32(2,3)24-41-33(4,5)42-29/h25-27,29H,6-24H2,1-5H3,(H,35,39)(H,36,40)(H,37,38). The average Bonchev–Trinajstić information content (AvgIpc) is 2.94. The molecule has 2 saturated carbocycles. The van der Waals surface area contributed by atoms with Crippen LogP contribution in [0.5, 0.6) is 0 Å².